The Kier molecular flexibility index (Phi) is 5.47. The van der Waals surface area contributed by atoms with Gasteiger partial charge in [0.2, 0.25) is 11.8 Å². The number of benzene rings is 2. The Morgan fingerprint density at radius 2 is 1.66 bits per heavy atom. The molecule has 0 saturated carbocycles. The highest BCUT2D eigenvalue weighted by molar-refractivity contribution is 5.79. The van der Waals surface area contributed by atoms with Crippen LogP contribution in [-0.4, -0.2) is 27.8 Å². The van der Waals surface area contributed by atoms with E-state index in [1.54, 1.807) is 24.4 Å². The lowest BCUT2D eigenvalue weighted by molar-refractivity contribution is -0.130. The van der Waals surface area contributed by atoms with E-state index in [2.05, 4.69) is 9.97 Å². The van der Waals surface area contributed by atoms with E-state index in [0.717, 1.165) is 16.8 Å². The van der Waals surface area contributed by atoms with Gasteiger partial charge in [-0.3, -0.25) is 9.78 Å². The van der Waals surface area contributed by atoms with Gasteiger partial charge in [0.25, 0.3) is 0 Å². The summed E-state index contributed by atoms with van der Waals surface area (Å²) in [6.07, 6.45) is 3.45. The predicted octanol–water partition coefficient (Wildman–Crippen LogP) is 4.53. The van der Waals surface area contributed by atoms with Crippen LogP contribution in [0.15, 0.2) is 95.7 Å². The highest BCUT2D eigenvalue weighted by Gasteiger charge is 2.25. The Hall–Kier alpha value is -3.73. The van der Waals surface area contributed by atoms with Gasteiger partial charge in [-0.1, -0.05) is 54.6 Å². The Balaban J connectivity index is 1.56. The van der Waals surface area contributed by atoms with E-state index in [4.69, 9.17) is 4.42 Å². The fourth-order valence-electron chi connectivity index (χ4n) is 3.29. The van der Waals surface area contributed by atoms with Crippen LogP contribution in [0, 0.1) is 0 Å². The van der Waals surface area contributed by atoms with Crippen molar-refractivity contribution in [3.8, 4) is 11.5 Å². The Morgan fingerprint density at radius 3 is 2.34 bits per heavy atom. The first kappa shape index (κ1) is 18.6. The predicted molar refractivity (Wildman–Crippen MR) is 111 cm³/mol. The van der Waals surface area contributed by atoms with Crippen molar-refractivity contribution < 1.29 is 9.21 Å². The Labute approximate surface area is 169 Å². The molecule has 2 aromatic heterocycles. The van der Waals surface area contributed by atoms with Crippen molar-refractivity contribution in [2.45, 2.75) is 12.5 Å². The molecule has 5 heteroatoms. The van der Waals surface area contributed by atoms with Crippen molar-refractivity contribution in [1.82, 2.24) is 14.9 Å². The molecule has 2 heterocycles. The van der Waals surface area contributed by atoms with Gasteiger partial charge in [-0.15, -0.1) is 0 Å². The van der Waals surface area contributed by atoms with Gasteiger partial charge in [-0.2, -0.15) is 0 Å². The van der Waals surface area contributed by atoms with E-state index in [-0.39, 0.29) is 18.4 Å². The topological polar surface area (TPSA) is 59.2 Å². The van der Waals surface area contributed by atoms with Crippen LogP contribution in [0.25, 0.3) is 11.5 Å². The maximum atomic E-state index is 13.1. The molecule has 2 aromatic carbocycles. The third-order valence-electron chi connectivity index (χ3n) is 4.77. The van der Waals surface area contributed by atoms with E-state index < -0.39 is 0 Å². The summed E-state index contributed by atoms with van der Waals surface area (Å²) in [5.74, 6) is 0.456. The second-order valence-corrected chi connectivity index (χ2v) is 6.76. The normalized spacial score (nSPS) is 11.8. The molecule has 4 rings (SSSR count). The minimum Gasteiger partial charge on any atom is -0.444 e. The fraction of sp³-hybridized carbons (Fsp3) is 0.125. The number of pyridine rings is 1. The SMILES string of the molecule is CN(C(=O)Cc1coc(-c2ccccc2)n1)C(c1ccccc1)c1ccccn1. The van der Waals surface area contributed by atoms with Crippen molar-refractivity contribution >= 4 is 5.91 Å². The number of carbonyl (C=O) groups excluding carboxylic acids is 1. The second-order valence-electron chi connectivity index (χ2n) is 6.76. The van der Waals surface area contributed by atoms with Crippen LogP contribution >= 0.6 is 0 Å². The summed E-state index contributed by atoms with van der Waals surface area (Å²) >= 11 is 0. The van der Waals surface area contributed by atoms with Crippen LogP contribution in [0.3, 0.4) is 0 Å². The minimum absolute atomic E-state index is 0.0579. The molecule has 5 nitrogen and oxygen atoms in total. The van der Waals surface area contributed by atoms with Crippen molar-refractivity contribution in [3.05, 3.63) is 108 Å². The summed E-state index contributed by atoms with van der Waals surface area (Å²) in [4.78, 5) is 23.7. The maximum absolute atomic E-state index is 13.1. The van der Waals surface area contributed by atoms with Gasteiger partial charge < -0.3 is 9.32 Å². The zero-order valence-corrected chi connectivity index (χ0v) is 16.1. The minimum atomic E-state index is -0.273. The lowest BCUT2D eigenvalue weighted by atomic mass is 10.0. The van der Waals surface area contributed by atoms with Crippen molar-refractivity contribution in [1.29, 1.82) is 0 Å². The molecule has 1 atom stereocenters. The van der Waals surface area contributed by atoms with Gasteiger partial charge in [0.15, 0.2) is 0 Å². The molecule has 0 aliphatic heterocycles. The van der Waals surface area contributed by atoms with Crippen LogP contribution in [0.5, 0.6) is 0 Å². The van der Waals surface area contributed by atoms with E-state index >= 15 is 0 Å². The van der Waals surface area contributed by atoms with E-state index in [0.29, 0.717) is 11.6 Å². The molecule has 0 aliphatic rings. The zero-order valence-electron chi connectivity index (χ0n) is 16.1. The number of nitrogens with zero attached hydrogens (tertiary/aromatic N) is 3. The molecule has 29 heavy (non-hydrogen) atoms. The smallest absolute Gasteiger partial charge is 0.229 e. The molecule has 4 aromatic rings. The second kappa shape index (κ2) is 8.52. The molecular weight excluding hydrogens is 362 g/mol. The summed E-state index contributed by atoms with van der Waals surface area (Å²) in [6.45, 7) is 0. The molecular formula is C24H21N3O2. The highest BCUT2D eigenvalue weighted by atomic mass is 16.3. The van der Waals surface area contributed by atoms with Crippen molar-refractivity contribution in [2.24, 2.45) is 0 Å². The molecule has 0 saturated heterocycles. The summed E-state index contributed by atoms with van der Waals surface area (Å²) in [6, 6.07) is 25.0. The van der Waals surface area contributed by atoms with E-state index in [9.17, 15) is 4.79 Å². The fourth-order valence-corrected chi connectivity index (χ4v) is 3.29. The van der Waals surface area contributed by atoms with Gasteiger partial charge in [-0.05, 0) is 29.8 Å². The number of likely N-dealkylation sites (N-methyl/N-ethyl adjacent to an activating group) is 1. The third kappa shape index (κ3) is 4.24. The van der Waals surface area contributed by atoms with E-state index in [1.807, 2.05) is 78.9 Å². The average molecular weight is 383 g/mol. The lowest BCUT2D eigenvalue weighted by Gasteiger charge is -2.28. The first-order chi connectivity index (χ1) is 14.2. The quantitative estimate of drug-likeness (QED) is 0.491. The van der Waals surface area contributed by atoms with Crippen LogP contribution in [-0.2, 0) is 11.2 Å². The number of hydrogen-bond donors (Lipinski definition) is 0. The van der Waals surface area contributed by atoms with Gasteiger partial charge in [0, 0.05) is 18.8 Å². The summed E-state index contributed by atoms with van der Waals surface area (Å²) in [5.41, 5.74) is 3.32. The zero-order chi connectivity index (χ0) is 20.1. The first-order valence-electron chi connectivity index (χ1n) is 9.44. The lowest BCUT2D eigenvalue weighted by Crippen LogP contribution is -2.33. The molecule has 1 unspecified atom stereocenters. The molecule has 0 N–H and O–H groups in total. The Bertz CT molecular complexity index is 1020. The summed E-state index contributed by atoms with van der Waals surface area (Å²) in [7, 11) is 1.80. The first-order valence-corrected chi connectivity index (χ1v) is 9.44. The standard InChI is InChI=1S/C24H21N3O2/c1-27(23(18-10-4-2-5-11-18)21-14-8-9-15-25-21)22(28)16-20-17-29-24(26-20)19-12-6-3-7-13-19/h2-15,17,23H,16H2,1H3. The van der Waals surface area contributed by atoms with Gasteiger partial charge in [-0.25, -0.2) is 4.98 Å². The molecule has 0 spiro atoms. The molecule has 0 aliphatic carbocycles. The van der Waals surface area contributed by atoms with Gasteiger partial charge >= 0.3 is 0 Å². The molecule has 1 amide bonds. The molecule has 0 fully saturated rings. The number of hydrogen-bond acceptors (Lipinski definition) is 4. The molecule has 144 valence electrons. The van der Waals surface area contributed by atoms with Crippen molar-refractivity contribution in [3.63, 3.8) is 0 Å². The summed E-state index contributed by atoms with van der Waals surface area (Å²) in [5, 5.41) is 0. The van der Waals surface area contributed by atoms with Crippen LogP contribution in [0.4, 0.5) is 0 Å². The van der Waals surface area contributed by atoms with Crippen molar-refractivity contribution in [2.75, 3.05) is 7.05 Å². The number of aromatic nitrogens is 2. The van der Waals surface area contributed by atoms with Crippen LogP contribution < -0.4 is 0 Å². The average Bonchev–Trinajstić information content (AvgIpc) is 3.24. The third-order valence-corrected chi connectivity index (χ3v) is 4.77. The molecule has 0 radical (unpaired) electrons. The van der Waals surface area contributed by atoms with Gasteiger partial charge in [0.05, 0.1) is 23.9 Å². The number of oxazole rings is 1. The number of rotatable bonds is 6. The van der Waals surface area contributed by atoms with E-state index in [1.165, 1.54) is 0 Å². The van der Waals surface area contributed by atoms with Gasteiger partial charge in [0.1, 0.15) is 6.26 Å². The number of carbonyl (C=O) groups is 1. The largest absolute Gasteiger partial charge is 0.444 e. The molecule has 0 bridgehead atoms. The number of amides is 1. The van der Waals surface area contributed by atoms with Crippen LogP contribution in [0.1, 0.15) is 23.0 Å². The highest BCUT2D eigenvalue weighted by Crippen LogP contribution is 2.27. The van der Waals surface area contributed by atoms with Crippen LogP contribution in [0.2, 0.25) is 0 Å². The monoisotopic (exact) mass is 383 g/mol. The maximum Gasteiger partial charge on any atom is 0.229 e. The Morgan fingerprint density at radius 1 is 0.966 bits per heavy atom. The summed E-state index contributed by atoms with van der Waals surface area (Å²) < 4.78 is 5.57.